The van der Waals surface area contributed by atoms with Gasteiger partial charge in [-0.25, -0.2) is 8.42 Å². The summed E-state index contributed by atoms with van der Waals surface area (Å²) in [5.74, 6) is -0.205. The topological polar surface area (TPSA) is 62.1 Å². The summed E-state index contributed by atoms with van der Waals surface area (Å²) in [7, 11) is -1.82. The van der Waals surface area contributed by atoms with Gasteiger partial charge in [-0.3, -0.25) is 9.10 Å². The molecule has 1 aliphatic rings. The average molecular weight is 423 g/mol. The second-order valence-corrected chi connectivity index (χ2v) is 9.44. The molecule has 2 aromatic carbocycles. The highest BCUT2D eigenvalue weighted by Crippen LogP contribution is 2.26. The smallest absolute Gasteiger partial charge is 0.264 e. The van der Waals surface area contributed by atoms with Crippen molar-refractivity contribution in [3.63, 3.8) is 0 Å². The highest BCUT2D eigenvalue weighted by Gasteiger charge is 2.30. The lowest BCUT2D eigenvalue weighted by Gasteiger charge is -2.32. The zero-order valence-electron chi connectivity index (χ0n) is 16.1. The van der Waals surface area contributed by atoms with Gasteiger partial charge in [0.25, 0.3) is 10.0 Å². The lowest BCUT2D eigenvalue weighted by Crippen LogP contribution is -3.12. The predicted octanol–water partition coefficient (Wildman–Crippen LogP) is 1.20. The lowest BCUT2D eigenvalue weighted by atomic mass is 10.2. The van der Waals surface area contributed by atoms with E-state index in [0.29, 0.717) is 23.8 Å². The third-order valence-corrected chi connectivity index (χ3v) is 6.98. The Kier molecular flexibility index (Phi) is 6.27. The number of likely N-dealkylation sites (N-methyl/N-ethyl adjacent to an activating group) is 1. The van der Waals surface area contributed by atoms with Crippen molar-refractivity contribution in [1.29, 1.82) is 0 Å². The second kappa shape index (κ2) is 8.51. The molecule has 1 fully saturated rings. The van der Waals surface area contributed by atoms with Gasteiger partial charge in [0, 0.05) is 5.02 Å². The largest absolute Gasteiger partial charge is 0.334 e. The van der Waals surface area contributed by atoms with Crippen LogP contribution >= 0.6 is 11.6 Å². The first-order chi connectivity index (χ1) is 13.3. The normalized spacial score (nSPS) is 15.5. The number of quaternary nitrogens is 1. The number of benzene rings is 2. The van der Waals surface area contributed by atoms with Gasteiger partial charge in [-0.15, -0.1) is 0 Å². The molecule has 1 aliphatic heterocycles. The van der Waals surface area contributed by atoms with E-state index in [1.807, 2.05) is 6.92 Å². The van der Waals surface area contributed by atoms with Gasteiger partial charge in [0.05, 0.1) is 43.8 Å². The Labute approximate surface area is 171 Å². The zero-order valence-corrected chi connectivity index (χ0v) is 17.6. The highest BCUT2D eigenvalue weighted by atomic mass is 35.5. The Morgan fingerprint density at radius 1 is 1.14 bits per heavy atom. The quantitative estimate of drug-likeness (QED) is 0.787. The van der Waals surface area contributed by atoms with Crippen LogP contribution in [0.5, 0.6) is 0 Å². The second-order valence-electron chi connectivity index (χ2n) is 7.14. The third kappa shape index (κ3) is 4.66. The van der Waals surface area contributed by atoms with Gasteiger partial charge >= 0.3 is 0 Å². The van der Waals surface area contributed by atoms with E-state index >= 15 is 0 Å². The fraction of sp³-hybridized carbons (Fsp3) is 0.350. The Bertz CT molecular complexity index is 939. The van der Waals surface area contributed by atoms with E-state index in [2.05, 4.69) is 7.05 Å². The molecular weight excluding hydrogens is 398 g/mol. The van der Waals surface area contributed by atoms with Gasteiger partial charge in [-0.2, -0.15) is 0 Å². The molecule has 150 valence electrons. The zero-order chi connectivity index (χ0) is 20.3. The van der Waals surface area contributed by atoms with Gasteiger partial charge in [-0.1, -0.05) is 35.4 Å². The van der Waals surface area contributed by atoms with E-state index in [0.717, 1.165) is 23.0 Å². The average Bonchev–Trinajstić information content (AvgIpc) is 2.66. The minimum Gasteiger partial charge on any atom is -0.334 e. The van der Waals surface area contributed by atoms with Crippen LogP contribution in [0.25, 0.3) is 0 Å². The predicted molar refractivity (Wildman–Crippen MR) is 110 cm³/mol. The van der Waals surface area contributed by atoms with Crippen LogP contribution in [-0.2, 0) is 14.8 Å². The van der Waals surface area contributed by atoms with E-state index in [1.54, 1.807) is 53.4 Å². The van der Waals surface area contributed by atoms with E-state index in [1.165, 1.54) is 4.90 Å². The molecule has 28 heavy (non-hydrogen) atoms. The number of carbonyl (C=O) groups is 1. The molecule has 0 radical (unpaired) electrons. The van der Waals surface area contributed by atoms with Crippen molar-refractivity contribution in [2.45, 2.75) is 11.8 Å². The number of nitrogens with one attached hydrogen (secondary N) is 1. The van der Waals surface area contributed by atoms with Crippen LogP contribution in [0.3, 0.4) is 0 Å². The minimum atomic E-state index is -3.91. The van der Waals surface area contributed by atoms with Gasteiger partial charge in [0.15, 0.2) is 0 Å². The standard InChI is InChI=1S/C20H24ClN3O3S/c1-16-6-8-19(9-7-16)28(26,27)24(18-5-3-4-17(21)14-18)15-20(25)23-12-10-22(2)11-13-23/h3-9,14H,10-13,15H2,1-2H3/p+1. The molecule has 0 unspecified atom stereocenters. The number of hydrogen-bond acceptors (Lipinski definition) is 3. The Morgan fingerprint density at radius 2 is 1.79 bits per heavy atom. The Balaban J connectivity index is 1.93. The molecular formula is C20H25ClN3O3S+. The van der Waals surface area contributed by atoms with Crippen molar-refractivity contribution in [3.8, 4) is 0 Å². The van der Waals surface area contributed by atoms with E-state index in [4.69, 9.17) is 11.6 Å². The maximum absolute atomic E-state index is 13.3. The summed E-state index contributed by atoms with van der Waals surface area (Å²) in [6, 6.07) is 13.2. The van der Waals surface area contributed by atoms with Crippen molar-refractivity contribution in [2.24, 2.45) is 0 Å². The summed E-state index contributed by atoms with van der Waals surface area (Å²) >= 11 is 6.09. The number of carbonyl (C=O) groups excluding carboxylic acids is 1. The molecule has 2 aromatic rings. The van der Waals surface area contributed by atoms with Crippen molar-refractivity contribution in [1.82, 2.24) is 4.90 Å². The fourth-order valence-corrected chi connectivity index (χ4v) is 4.73. The molecule has 1 N–H and O–H groups in total. The fourth-order valence-electron chi connectivity index (χ4n) is 3.14. The first-order valence-electron chi connectivity index (χ1n) is 9.21. The maximum atomic E-state index is 13.3. The lowest BCUT2D eigenvalue weighted by molar-refractivity contribution is -0.883. The Morgan fingerprint density at radius 3 is 2.39 bits per heavy atom. The number of halogens is 1. The van der Waals surface area contributed by atoms with Gasteiger partial charge < -0.3 is 9.80 Å². The molecule has 0 bridgehead atoms. The number of nitrogens with zero attached hydrogens (tertiary/aromatic N) is 2. The van der Waals surface area contributed by atoms with E-state index in [9.17, 15) is 13.2 Å². The summed E-state index contributed by atoms with van der Waals surface area (Å²) in [5, 5.41) is 0.414. The number of piperazine rings is 1. The van der Waals surface area contributed by atoms with E-state index < -0.39 is 10.0 Å². The SMILES string of the molecule is Cc1ccc(S(=O)(=O)N(CC(=O)N2CC[NH+](C)CC2)c2cccc(Cl)c2)cc1. The monoisotopic (exact) mass is 422 g/mol. The van der Waals surface area contributed by atoms with Crippen LogP contribution in [0.1, 0.15) is 5.56 Å². The molecule has 0 aliphatic carbocycles. The van der Waals surface area contributed by atoms with Crippen LogP contribution in [0.2, 0.25) is 5.02 Å². The number of amides is 1. The van der Waals surface area contributed by atoms with Crippen LogP contribution in [0.4, 0.5) is 5.69 Å². The number of hydrogen-bond donors (Lipinski definition) is 1. The Hall–Kier alpha value is -2.09. The first-order valence-corrected chi connectivity index (χ1v) is 11.0. The van der Waals surface area contributed by atoms with Crippen LogP contribution in [0.15, 0.2) is 53.4 Å². The van der Waals surface area contributed by atoms with E-state index in [-0.39, 0.29) is 17.3 Å². The molecule has 1 saturated heterocycles. The first kappa shape index (κ1) is 20.6. The van der Waals surface area contributed by atoms with Crippen LogP contribution in [-0.4, -0.2) is 59.0 Å². The molecule has 0 atom stereocenters. The summed E-state index contributed by atoms with van der Waals surface area (Å²) < 4.78 is 27.8. The minimum absolute atomic E-state index is 0.147. The van der Waals surface area contributed by atoms with Crippen molar-refractivity contribution in [3.05, 3.63) is 59.1 Å². The molecule has 6 nitrogen and oxygen atoms in total. The van der Waals surface area contributed by atoms with Crippen LogP contribution in [0, 0.1) is 6.92 Å². The van der Waals surface area contributed by atoms with Gasteiger partial charge in [-0.05, 0) is 37.3 Å². The van der Waals surface area contributed by atoms with Gasteiger partial charge in [0.2, 0.25) is 5.91 Å². The number of aryl methyl sites for hydroxylation is 1. The summed E-state index contributed by atoms with van der Waals surface area (Å²) in [5.41, 5.74) is 1.34. The summed E-state index contributed by atoms with van der Waals surface area (Å²) in [6.07, 6.45) is 0. The molecule has 1 amide bonds. The molecule has 3 rings (SSSR count). The third-order valence-electron chi connectivity index (χ3n) is 4.95. The molecule has 8 heteroatoms. The molecule has 0 spiro atoms. The molecule has 1 heterocycles. The number of rotatable bonds is 5. The summed E-state index contributed by atoms with van der Waals surface area (Å²) in [4.78, 5) is 16.1. The van der Waals surface area contributed by atoms with Gasteiger partial charge in [0.1, 0.15) is 6.54 Å². The molecule has 0 aromatic heterocycles. The molecule has 0 saturated carbocycles. The van der Waals surface area contributed by atoms with Crippen molar-refractivity contribution < 1.29 is 18.1 Å². The number of anilines is 1. The summed E-state index contributed by atoms with van der Waals surface area (Å²) in [6.45, 7) is 4.60. The maximum Gasteiger partial charge on any atom is 0.264 e. The van der Waals surface area contributed by atoms with Crippen molar-refractivity contribution >= 4 is 33.2 Å². The highest BCUT2D eigenvalue weighted by molar-refractivity contribution is 7.92. The number of sulfonamides is 1. The van der Waals surface area contributed by atoms with Crippen LogP contribution < -0.4 is 9.21 Å². The van der Waals surface area contributed by atoms with Crippen molar-refractivity contribution in [2.75, 3.05) is 44.1 Å².